The number of fused-ring (bicyclic) bond motifs is 9. The number of ether oxygens (including phenoxy) is 2. The number of imide groups is 1. The van der Waals surface area contributed by atoms with Crippen molar-refractivity contribution in [2.24, 2.45) is 29.6 Å². The summed E-state index contributed by atoms with van der Waals surface area (Å²) in [6, 6.07) is 18.7. The zero-order valence-electron chi connectivity index (χ0n) is 24.3. The molecule has 1 aromatic heterocycles. The van der Waals surface area contributed by atoms with E-state index in [4.69, 9.17) is 21.1 Å². The van der Waals surface area contributed by atoms with E-state index in [1.165, 1.54) is 17.0 Å². The molecule has 4 aliphatic rings. The SMILES string of the molecule is COc1ccc(N2C(=O)[C@H]3[C@H]4C[C@@H]([C@@H]3C2=O)[C@H]2[C@H](c3cc([N+](=O)[O-])ccc3OCc3ccc(Cl)cc3)c3sc(=O)[nH]c3S[C@H]42)cc1. The number of aromatic nitrogens is 1. The van der Waals surface area contributed by atoms with Crippen LogP contribution in [0, 0.1) is 39.7 Å². The quantitative estimate of drug-likeness (QED) is 0.138. The van der Waals surface area contributed by atoms with Crippen molar-refractivity contribution >= 4 is 57.9 Å². The number of nitro benzene ring substituents is 1. The number of rotatable bonds is 7. The Bertz CT molecular complexity index is 1960. The molecule has 7 atom stereocenters. The van der Waals surface area contributed by atoms with Gasteiger partial charge >= 0.3 is 4.87 Å². The molecule has 2 bridgehead atoms. The van der Waals surface area contributed by atoms with Crippen LogP contribution in [0.1, 0.15) is 28.3 Å². The lowest BCUT2D eigenvalue weighted by atomic mass is 9.68. The maximum absolute atomic E-state index is 14.1. The number of hydrogen-bond acceptors (Lipinski definition) is 9. The first-order valence-electron chi connectivity index (χ1n) is 14.8. The highest BCUT2D eigenvalue weighted by molar-refractivity contribution is 8.00. The third kappa shape index (κ3) is 4.49. The van der Waals surface area contributed by atoms with E-state index in [0.717, 1.165) is 21.8 Å². The standard InChI is InChI=1S/C33H26ClN3O7S2/c1-43-19-9-6-17(7-10-19)36-31(38)26-21-13-22(27(26)32(36)39)28-25(21)24(29-30(45-28)35-33(40)46-29)20-12-18(37(41)42)8-11-23(20)44-14-15-2-4-16(34)5-3-15/h2-12,21-22,24-28H,13-14H2,1H3,(H,35,40)/t21-,22-,24+,25+,26+,27+,28-/m1/s1. The van der Waals surface area contributed by atoms with Gasteiger partial charge in [0.15, 0.2) is 0 Å². The van der Waals surface area contributed by atoms with Crippen LogP contribution < -0.4 is 19.2 Å². The number of aromatic amines is 1. The summed E-state index contributed by atoms with van der Waals surface area (Å²) in [7, 11) is 1.56. The summed E-state index contributed by atoms with van der Waals surface area (Å²) in [6.45, 7) is 0.203. The van der Waals surface area contributed by atoms with Crippen molar-refractivity contribution in [2.45, 2.75) is 29.2 Å². The van der Waals surface area contributed by atoms with Crippen molar-refractivity contribution in [2.75, 3.05) is 12.0 Å². The Morgan fingerprint density at radius 2 is 1.72 bits per heavy atom. The largest absolute Gasteiger partial charge is 0.497 e. The minimum atomic E-state index is -0.515. The van der Waals surface area contributed by atoms with Crippen molar-refractivity contribution in [1.29, 1.82) is 0 Å². The maximum Gasteiger partial charge on any atom is 0.305 e. The molecule has 8 rings (SSSR count). The molecule has 46 heavy (non-hydrogen) atoms. The van der Waals surface area contributed by atoms with Crippen molar-refractivity contribution in [3.8, 4) is 11.5 Å². The maximum atomic E-state index is 14.1. The summed E-state index contributed by atoms with van der Waals surface area (Å²) in [5.74, 6) is -1.16. The summed E-state index contributed by atoms with van der Waals surface area (Å²) in [5.41, 5.74) is 1.89. The predicted molar refractivity (Wildman–Crippen MR) is 173 cm³/mol. The third-order valence-electron chi connectivity index (χ3n) is 9.90. The molecule has 13 heteroatoms. The lowest BCUT2D eigenvalue weighted by molar-refractivity contribution is -0.385. The number of nitrogens with one attached hydrogen (secondary N) is 1. The second kappa shape index (κ2) is 11.0. The minimum Gasteiger partial charge on any atom is -0.497 e. The summed E-state index contributed by atoms with van der Waals surface area (Å²) >= 11 is 8.71. The number of non-ortho nitro benzene ring substituents is 1. The van der Waals surface area contributed by atoms with Gasteiger partial charge in [0.2, 0.25) is 11.8 Å². The Labute approximate surface area is 275 Å². The van der Waals surface area contributed by atoms with Crippen LogP contribution in [0.4, 0.5) is 11.4 Å². The minimum absolute atomic E-state index is 0.0788. The summed E-state index contributed by atoms with van der Waals surface area (Å²) in [6.07, 6.45) is 0.692. The van der Waals surface area contributed by atoms with Gasteiger partial charge in [-0.3, -0.25) is 29.4 Å². The average molecular weight is 676 g/mol. The van der Waals surface area contributed by atoms with Crippen LogP contribution >= 0.6 is 34.7 Å². The van der Waals surface area contributed by atoms with Gasteiger partial charge in [0.25, 0.3) is 5.69 Å². The first-order chi connectivity index (χ1) is 22.2. The highest BCUT2D eigenvalue weighted by Gasteiger charge is 2.70. The number of methoxy groups -OCH3 is 1. The van der Waals surface area contributed by atoms with Crippen LogP contribution in [-0.2, 0) is 16.2 Å². The summed E-state index contributed by atoms with van der Waals surface area (Å²) < 4.78 is 11.6. The first-order valence-corrected chi connectivity index (χ1v) is 16.9. The van der Waals surface area contributed by atoms with E-state index in [-0.39, 0.29) is 52.0 Å². The van der Waals surface area contributed by atoms with Gasteiger partial charge < -0.3 is 14.5 Å². The molecule has 234 valence electrons. The van der Waals surface area contributed by atoms with E-state index in [2.05, 4.69) is 4.98 Å². The normalized spacial score (nSPS) is 27.3. The number of anilines is 1. The second-order valence-electron chi connectivity index (χ2n) is 12.1. The third-order valence-corrected chi connectivity index (χ3v) is 12.7. The summed E-state index contributed by atoms with van der Waals surface area (Å²) in [5, 5.41) is 13.2. The van der Waals surface area contributed by atoms with E-state index in [0.29, 0.717) is 39.2 Å². The highest BCUT2D eigenvalue weighted by atomic mass is 35.5. The van der Waals surface area contributed by atoms with E-state index in [1.54, 1.807) is 61.3 Å². The van der Waals surface area contributed by atoms with Crippen LogP contribution in [0.2, 0.25) is 5.02 Å². The van der Waals surface area contributed by atoms with Gasteiger partial charge in [0.1, 0.15) is 18.1 Å². The number of carbonyl (C=O) groups is 2. The molecule has 4 aromatic rings. The topological polar surface area (TPSA) is 132 Å². The zero-order valence-corrected chi connectivity index (χ0v) is 26.6. The number of benzene rings is 3. The van der Waals surface area contributed by atoms with Crippen LogP contribution in [0.15, 0.2) is 76.6 Å². The number of hydrogen-bond donors (Lipinski definition) is 1. The van der Waals surface area contributed by atoms with Gasteiger partial charge in [-0.1, -0.05) is 35.1 Å². The zero-order chi connectivity index (χ0) is 31.9. The molecule has 10 nitrogen and oxygen atoms in total. The first kappa shape index (κ1) is 29.3. The van der Waals surface area contributed by atoms with Gasteiger partial charge in [-0.05, 0) is 72.2 Å². The lowest BCUT2D eigenvalue weighted by Gasteiger charge is -2.43. The Kier molecular flexibility index (Phi) is 7.00. The van der Waals surface area contributed by atoms with Gasteiger partial charge in [-0.15, -0.1) is 11.8 Å². The Morgan fingerprint density at radius 3 is 2.41 bits per heavy atom. The second-order valence-corrected chi connectivity index (χ2v) is 14.7. The van der Waals surface area contributed by atoms with Crippen molar-refractivity contribution in [1.82, 2.24) is 4.98 Å². The molecular formula is C33H26ClN3O7S2. The fourth-order valence-corrected chi connectivity index (χ4v) is 11.1. The molecule has 0 unspecified atom stereocenters. The monoisotopic (exact) mass is 675 g/mol. The molecule has 1 saturated heterocycles. The van der Waals surface area contributed by atoms with Crippen LogP contribution in [0.25, 0.3) is 0 Å². The fraction of sp³-hybridized carbons (Fsp3) is 0.303. The van der Waals surface area contributed by atoms with E-state index in [9.17, 15) is 24.5 Å². The number of nitrogens with zero attached hydrogens (tertiary/aromatic N) is 2. The number of amides is 2. The number of H-pyrrole nitrogens is 1. The number of thioether (sulfide) groups is 1. The van der Waals surface area contributed by atoms with Gasteiger partial charge in [0, 0.05) is 38.8 Å². The number of thiazole rings is 1. The predicted octanol–water partition coefficient (Wildman–Crippen LogP) is 6.26. The number of carbonyl (C=O) groups excluding carboxylic acids is 2. The smallest absolute Gasteiger partial charge is 0.305 e. The van der Waals surface area contributed by atoms with E-state index >= 15 is 0 Å². The van der Waals surface area contributed by atoms with Gasteiger partial charge in [-0.2, -0.15) is 0 Å². The highest BCUT2D eigenvalue weighted by Crippen LogP contribution is 2.69. The average Bonchev–Trinajstić information content (AvgIpc) is 3.79. The molecule has 3 fully saturated rings. The van der Waals surface area contributed by atoms with Gasteiger partial charge in [-0.25, -0.2) is 0 Å². The molecular weight excluding hydrogens is 650 g/mol. The Hall–Kier alpha value is -4.13. The molecule has 3 aromatic carbocycles. The molecule has 2 saturated carbocycles. The molecule has 2 aliphatic carbocycles. The van der Waals surface area contributed by atoms with Crippen molar-refractivity contribution in [3.63, 3.8) is 0 Å². The number of halogens is 1. The molecule has 2 amide bonds. The molecule has 2 aliphatic heterocycles. The van der Waals surface area contributed by atoms with Crippen molar-refractivity contribution in [3.05, 3.63) is 108 Å². The number of nitro groups is 1. The molecule has 0 spiro atoms. The lowest BCUT2D eigenvalue weighted by Crippen LogP contribution is -2.42. The van der Waals surface area contributed by atoms with E-state index in [1.807, 2.05) is 12.1 Å². The Morgan fingerprint density at radius 1 is 1.00 bits per heavy atom. The summed E-state index contributed by atoms with van der Waals surface area (Å²) in [4.78, 5) is 57.2. The van der Waals surface area contributed by atoms with E-state index < -0.39 is 22.7 Å². The molecule has 3 heterocycles. The fourth-order valence-electron chi connectivity index (χ4n) is 8.12. The van der Waals surface area contributed by atoms with Crippen LogP contribution in [0.5, 0.6) is 11.5 Å². The van der Waals surface area contributed by atoms with Crippen LogP contribution in [0.3, 0.4) is 0 Å². The molecule has 0 radical (unpaired) electrons. The van der Waals surface area contributed by atoms with Gasteiger partial charge in [0.05, 0.1) is 34.6 Å². The Balaban J connectivity index is 1.21. The molecule has 1 N–H and O–H groups in total. The van der Waals surface area contributed by atoms with Crippen LogP contribution in [-0.4, -0.2) is 34.1 Å². The van der Waals surface area contributed by atoms with Crippen molar-refractivity contribution < 1.29 is 24.0 Å².